The lowest BCUT2D eigenvalue weighted by Gasteiger charge is -2.08. The number of carbonyl (C=O) groups is 1. The maximum atomic E-state index is 12.2. The minimum atomic E-state index is -0.00900. The summed E-state index contributed by atoms with van der Waals surface area (Å²) in [6.45, 7) is 0. The largest absolute Gasteiger partial charge is 0.350 e. The van der Waals surface area contributed by atoms with Gasteiger partial charge in [0.05, 0.1) is 5.03 Å². The first kappa shape index (κ1) is 14.9. The van der Waals surface area contributed by atoms with Crippen LogP contribution in [-0.4, -0.2) is 12.0 Å². The van der Waals surface area contributed by atoms with E-state index in [1.54, 1.807) is 6.08 Å². The Balaban J connectivity index is 2.14. The van der Waals surface area contributed by atoms with Crippen LogP contribution in [0.2, 0.25) is 0 Å². The quantitative estimate of drug-likeness (QED) is 0.612. The number of rotatable bonds is 5. The maximum absolute atomic E-state index is 12.2. The molecule has 0 aromatic heterocycles. The van der Waals surface area contributed by atoms with E-state index in [1.807, 2.05) is 60.9 Å². The summed E-state index contributed by atoms with van der Waals surface area (Å²) >= 11 is 4.87. The number of allylic oxidation sites excluding steroid dienone is 1. The molecule has 2 aromatic carbocycles. The number of hydrogen-bond donors (Lipinski definition) is 1. The number of nitrogens with one attached hydrogen (secondary N) is 1. The van der Waals surface area contributed by atoms with Crippen LogP contribution in [0.5, 0.6) is 0 Å². The number of hydrogen-bond acceptors (Lipinski definition) is 3. The highest BCUT2D eigenvalue weighted by Crippen LogP contribution is 2.18. The molecule has 0 aliphatic rings. The molecule has 2 aromatic rings. The average molecular weight is 348 g/mol. The Hall–Kier alpha value is -1.52. The van der Waals surface area contributed by atoms with E-state index < -0.39 is 0 Å². The van der Waals surface area contributed by atoms with Crippen LogP contribution >= 0.6 is 27.7 Å². The van der Waals surface area contributed by atoms with E-state index >= 15 is 0 Å². The fourth-order valence-electron chi connectivity index (χ4n) is 1.63. The standard InChI is InChI=1S/C16H14BrNOS/c1-20-16(18-14-5-3-2-4-6-14)11-15(19)12-7-9-13(17)10-8-12/h2-11,18H,1H3/b16-11+. The first-order chi connectivity index (χ1) is 9.69. The van der Waals surface area contributed by atoms with Crippen LogP contribution in [0.25, 0.3) is 0 Å². The Kier molecular flexibility index (Phi) is 5.44. The molecule has 0 fully saturated rings. The van der Waals surface area contributed by atoms with Crippen molar-refractivity contribution in [2.24, 2.45) is 0 Å². The molecule has 4 heteroatoms. The lowest BCUT2D eigenvalue weighted by atomic mass is 10.1. The molecule has 102 valence electrons. The van der Waals surface area contributed by atoms with Gasteiger partial charge in [-0.25, -0.2) is 0 Å². The van der Waals surface area contributed by atoms with Crippen LogP contribution in [0.3, 0.4) is 0 Å². The van der Waals surface area contributed by atoms with Crippen LogP contribution in [0, 0.1) is 0 Å². The number of benzene rings is 2. The van der Waals surface area contributed by atoms with Crippen molar-refractivity contribution in [2.45, 2.75) is 0 Å². The third-order valence-electron chi connectivity index (χ3n) is 2.65. The highest BCUT2D eigenvalue weighted by molar-refractivity contribution is 9.10. The molecule has 0 spiro atoms. The normalized spacial score (nSPS) is 11.2. The second-order valence-corrected chi connectivity index (χ2v) is 5.84. The molecule has 0 unspecified atom stereocenters. The van der Waals surface area contributed by atoms with Crippen molar-refractivity contribution in [1.82, 2.24) is 0 Å². The van der Waals surface area contributed by atoms with Gasteiger partial charge in [0.15, 0.2) is 5.78 Å². The Morgan fingerprint density at radius 3 is 2.35 bits per heavy atom. The Bertz CT molecular complexity index is 608. The summed E-state index contributed by atoms with van der Waals surface area (Å²) in [6.07, 6.45) is 3.57. The average Bonchev–Trinajstić information content (AvgIpc) is 2.48. The van der Waals surface area contributed by atoms with Crippen molar-refractivity contribution in [3.05, 3.63) is 75.7 Å². The number of anilines is 1. The van der Waals surface area contributed by atoms with Gasteiger partial charge in [0.1, 0.15) is 0 Å². The zero-order valence-corrected chi connectivity index (χ0v) is 13.4. The molecule has 2 nitrogen and oxygen atoms in total. The minimum absolute atomic E-state index is 0.00900. The molecule has 2 rings (SSSR count). The van der Waals surface area contributed by atoms with Crippen molar-refractivity contribution in [1.29, 1.82) is 0 Å². The lowest BCUT2D eigenvalue weighted by molar-refractivity contribution is 0.104. The van der Waals surface area contributed by atoms with Crippen molar-refractivity contribution in [3.8, 4) is 0 Å². The van der Waals surface area contributed by atoms with Crippen molar-refractivity contribution >= 4 is 39.2 Å². The first-order valence-electron chi connectivity index (χ1n) is 6.06. The molecule has 0 bridgehead atoms. The second kappa shape index (κ2) is 7.31. The summed E-state index contributed by atoms with van der Waals surface area (Å²) in [7, 11) is 0. The molecule has 0 saturated heterocycles. The highest BCUT2D eigenvalue weighted by atomic mass is 79.9. The molecule has 20 heavy (non-hydrogen) atoms. The number of carbonyl (C=O) groups excluding carboxylic acids is 1. The molecule has 0 aliphatic carbocycles. The molecule has 0 amide bonds. The third-order valence-corrected chi connectivity index (χ3v) is 3.84. The monoisotopic (exact) mass is 347 g/mol. The van der Waals surface area contributed by atoms with E-state index in [0.717, 1.165) is 15.2 Å². The molecule has 1 N–H and O–H groups in total. The molecule has 0 saturated carbocycles. The molecule has 0 radical (unpaired) electrons. The van der Waals surface area contributed by atoms with Gasteiger partial charge < -0.3 is 5.32 Å². The van der Waals surface area contributed by atoms with E-state index in [-0.39, 0.29) is 5.78 Å². The third kappa shape index (κ3) is 4.25. The van der Waals surface area contributed by atoms with E-state index in [2.05, 4.69) is 21.2 Å². The van der Waals surface area contributed by atoms with Crippen molar-refractivity contribution in [3.63, 3.8) is 0 Å². The molecule has 0 heterocycles. The van der Waals surface area contributed by atoms with Crippen LogP contribution in [0.15, 0.2) is 70.2 Å². The molecule has 0 aliphatic heterocycles. The zero-order chi connectivity index (χ0) is 14.4. The smallest absolute Gasteiger partial charge is 0.188 e. The van der Waals surface area contributed by atoms with Crippen LogP contribution in [0.4, 0.5) is 5.69 Å². The predicted molar refractivity (Wildman–Crippen MR) is 90.1 cm³/mol. The SMILES string of the molecule is CS/C(=C/C(=O)c1ccc(Br)cc1)Nc1ccccc1. The van der Waals surface area contributed by atoms with Crippen LogP contribution < -0.4 is 5.32 Å². The Morgan fingerprint density at radius 1 is 1.10 bits per heavy atom. The Morgan fingerprint density at radius 2 is 1.75 bits per heavy atom. The van der Waals surface area contributed by atoms with E-state index in [4.69, 9.17) is 0 Å². The van der Waals surface area contributed by atoms with Gasteiger partial charge in [0.2, 0.25) is 0 Å². The topological polar surface area (TPSA) is 29.1 Å². The minimum Gasteiger partial charge on any atom is -0.350 e. The number of ketones is 1. The summed E-state index contributed by atoms with van der Waals surface area (Å²) in [6, 6.07) is 17.2. The summed E-state index contributed by atoms with van der Waals surface area (Å²) in [5, 5.41) is 4.06. The van der Waals surface area contributed by atoms with Crippen LogP contribution in [-0.2, 0) is 0 Å². The number of para-hydroxylation sites is 1. The highest BCUT2D eigenvalue weighted by Gasteiger charge is 2.05. The van der Waals surface area contributed by atoms with E-state index in [0.29, 0.717) is 5.56 Å². The summed E-state index contributed by atoms with van der Waals surface area (Å²) in [5.74, 6) is -0.00900. The summed E-state index contributed by atoms with van der Waals surface area (Å²) in [4.78, 5) is 12.2. The summed E-state index contributed by atoms with van der Waals surface area (Å²) in [5.41, 5.74) is 1.64. The predicted octanol–water partition coefficient (Wildman–Crippen LogP) is 4.95. The van der Waals surface area contributed by atoms with Gasteiger partial charge in [-0.05, 0) is 42.7 Å². The first-order valence-corrected chi connectivity index (χ1v) is 8.08. The van der Waals surface area contributed by atoms with Gasteiger partial charge in [-0.1, -0.05) is 34.1 Å². The van der Waals surface area contributed by atoms with Gasteiger partial charge in [-0.15, -0.1) is 11.8 Å². The lowest BCUT2D eigenvalue weighted by Crippen LogP contribution is -2.01. The van der Waals surface area contributed by atoms with Gasteiger partial charge in [-0.3, -0.25) is 4.79 Å². The zero-order valence-electron chi connectivity index (χ0n) is 11.0. The van der Waals surface area contributed by atoms with Gasteiger partial charge in [-0.2, -0.15) is 0 Å². The van der Waals surface area contributed by atoms with Crippen molar-refractivity contribution < 1.29 is 4.79 Å². The maximum Gasteiger partial charge on any atom is 0.188 e. The number of thioether (sulfide) groups is 1. The van der Waals surface area contributed by atoms with E-state index in [9.17, 15) is 4.79 Å². The molecule has 0 atom stereocenters. The number of halogens is 1. The molecular weight excluding hydrogens is 334 g/mol. The van der Waals surface area contributed by atoms with Gasteiger partial charge in [0.25, 0.3) is 0 Å². The van der Waals surface area contributed by atoms with Crippen LogP contribution in [0.1, 0.15) is 10.4 Å². The van der Waals surface area contributed by atoms with Crippen molar-refractivity contribution in [2.75, 3.05) is 11.6 Å². The second-order valence-electron chi connectivity index (χ2n) is 4.07. The fourth-order valence-corrected chi connectivity index (χ4v) is 2.34. The van der Waals surface area contributed by atoms with Gasteiger partial charge >= 0.3 is 0 Å². The molecular formula is C16H14BrNOS. The fraction of sp³-hybridized carbons (Fsp3) is 0.0625. The Labute approximate surface area is 131 Å². The van der Waals surface area contributed by atoms with Gasteiger partial charge in [0, 0.05) is 21.8 Å². The van der Waals surface area contributed by atoms with E-state index in [1.165, 1.54) is 11.8 Å². The summed E-state index contributed by atoms with van der Waals surface area (Å²) < 4.78 is 0.963.